The molecule has 0 aromatic carbocycles. The van der Waals surface area contributed by atoms with Gasteiger partial charge in [-0.3, -0.25) is 4.79 Å². The first-order valence-corrected chi connectivity index (χ1v) is 6.10. The fourth-order valence-corrected chi connectivity index (χ4v) is 2.37. The highest BCUT2D eigenvalue weighted by molar-refractivity contribution is 5.76. The van der Waals surface area contributed by atoms with Crippen LogP contribution >= 0.6 is 0 Å². The third kappa shape index (κ3) is 2.94. The van der Waals surface area contributed by atoms with E-state index in [1.54, 1.807) is 0 Å². The van der Waals surface area contributed by atoms with Gasteiger partial charge in [0.2, 0.25) is 5.91 Å². The second-order valence-electron chi connectivity index (χ2n) is 4.63. The second kappa shape index (κ2) is 5.50. The smallest absolute Gasteiger partial charge is 0.223 e. The molecule has 88 valence electrons. The number of nitrogens with zero attached hydrogens (tertiary/aromatic N) is 1. The van der Waals surface area contributed by atoms with Crippen LogP contribution in [0, 0.1) is 5.41 Å². The molecule has 0 saturated carbocycles. The molecule has 0 aliphatic carbocycles. The van der Waals surface area contributed by atoms with Crippen molar-refractivity contribution in [3.63, 3.8) is 0 Å². The number of hydrogen-bond acceptors (Lipinski definition) is 2. The number of rotatable bonds is 5. The van der Waals surface area contributed by atoms with Crippen LogP contribution in [0.25, 0.3) is 0 Å². The van der Waals surface area contributed by atoms with Crippen LogP contribution in [-0.2, 0) is 4.79 Å². The van der Waals surface area contributed by atoms with E-state index < -0.39 is 0 Å². The molecular formula is C12H24N2O. The summed E-state index contributed by atoms with van der Waals surface area (Å²) >= 11 is 0. The number of nitrogens with one attached hydrogen (secondary N) is 1. The number of likely N-dealkylation sites (tertiary alicyclic amines) is 1. The molecule has 1 fully saturated rings. The summed E-state index contributed by atoms with van der Waals surface area (Å²) in [6.45, 7) is 7.21. The van der Waals surface area contributed by atoms with Crippen molar-refractivity contribution in [3.05, 3.63) is 0 Å². The average Bonchev–Trinajstić information content (AvgIpc) is 2.71. The average molecular weight is 212 g/mol. The van der Waals surface area contributed by atoms with Crippen molar-refractivity contribution in [3.8, 4) is 0 Å². The maximum Gasteiger partial charge on any atom is 0.223 e. The van der Waals surface area contributed by atoms with Crippen LogP contribution < -0.4 is 5.32 Å². The Hall–Kier alpha value is -0.570. The molecule has 1 heterocycles. The highest BCUT2D eigenvalue weighted by atomic mass is 16.2. The van der Waals surface area contributed by atoms with E-state index in [1.807, 2.05) is 11.9 Å². The number of hydrogen-bond donors (Lipinski definition) is 1. The maximum absolute atomic E-state index is 11.8. The van der Waals surface area contributed by atoms with Crippen molar-refractivity contribution in [1.29, 1.82) is 0 Å². The van der Waals surface area contributed by atoms with E-state index in [-0.39, 0.29) is 0 Å². The monoisotopic (exact) mass is 212 g/mol. The van der Waals surface area contributed by atoms with Crippen molar-refractivity contribution >= 4 is 5.91 Å². The molecule has 0 aromatic rings. The van der Waals surface area contributed by atoms with Gasteiger partial charge in [-0.15, -0.1) is 0 Å². The summed E-state index contributed by atoms with van der Waals surface area (Å²) in [4.78, 5) is 13.9. The minimum Gasteiger partial charge on any atom is -0.342 e. The van der Waals surface area contributed by atoms with E-state index in [1.165, 1.54) is 19.3 Å². The molecule has 0 radical (unpaired) electrons. The molecule has 15 heavy (non-hydrogen) atoms. The first kappa shape index (κ1) is 12.5. The molecule has 0 aromatic heterocycles. The molecule has 0 bridgehead atoms. The maximum atomic E-state index is 11.8. The fraction of sp³-hybridized carbons (Fsp3) is 0.917. The van der Waals surface area contributed by atoms with Crippen LogP contribution in [0.2, 0.25) is 0 Å². The van der Waals surface area contributed by atoms with Crippen LogP contribution in [0.5, 0.6) is 0 Å². The minimum absolute atomic E-state index is 0.313. The van der Waals surface area contributed by atoms with Crippen molar-refractivity contribution < 1.29 is 4.79 Å². The topological polar surface area (TPSA) is 32.3 Å². The third-order valence-corrected chi connectivity index (χ3v) is 3.88. The summed E-state index contributed by atoms with van der Waals surface area (Å²) < 4.78 is 0. The fourth-order valence-electron chi connectivity index (χ4n) is 2.37. The van der Waals surface area contributed by atoms with E-state index in [9.17, 15) is 4.79 Å². The molecular weight excluding hydrogens is 188 g/mol. The lowest BCUT2D eigenvalue weighted by Crippen LogP contribution is -2.33. The normalized spacial score (nSPS) is 19.5. The standard InChI is InChI=1S/C12H24N2O/c1-4-12(5-2)7-9-14(10-12)11(15)6-8-13-3/h13H,4-10H2,1-3H3. The van der Waals surface area contributed by atoms with Crippen molar-refractivity contribution in [2.45, 2.75) is 39.5 Å². The van der Waals surface area contributed by atoms with Crippen LogP contribution in [-0.4, -0.2) is 37.5 Å². The Balaban J connectivity index is 2.44. The second-order valence-corrected chi connectivity index (χ2v) is 4.63. The Labute approximate surface area is 93.2 Å². The zero-order chi connectivity index (χ0) is 11.3. The molecule has 1 saturated heterocycles. The first-order valence-electron chi connectivity index (χ1n) is 6.10. The summed E-state index contributed by atoms with van der Waals surface area (Å²) in [5.41, 5.74) is 0.412. The zero-order valence-corrected chi connectivity index (χ0v) is 10.3. The molecule has 0 spiro atoms. The Bertz CT molecular complexity index is 212. The molecule has 0 atom stereocenters. The molecule has 1 aliphatic rings. The molecule has 0 unspecified atom stereocenters. The van der Waals surface area contributed by atoms with Gasteiger partial charge in [0.25, 0.3) is 0 Å². The summed E-state index contributed by atoms with van der Waals surface area (Å²) in [6, 6.07) is 0. The summed E-state index contributed by atoms with van der Waals surface area (Å²) in [5.74, 6) is 0.313. The Kier molecular flexibility index (Phi) is 4.58. The highest BCUT2D eigenvalue weighted by Gasteiger charge is 2.36. The molecule has 1 aliphatic heterocycles. The molecule has 1 rings (SSSR count). The van der Waals surface area contributed by atoms with Gasteiger partial charge in [0.15, 0.2) is 0 Å². The number of carbonyl (C=O) groups excluding carboxylic acids is 1. The molecule has 3 nitrogen and oxygen atoms in total. The van der Waals surface area contributed by atoms with Gasteiger partial charge >= 0.3 is 0 Å². The predicted octanol–water partition coefficient (Wildman–Crippen LogP) is 1.63. The highest BCUT2D eigenvalue weighted by Crippen LogP contribution is 2.36. The van der Waals surface area contributed by atoms with E-state index in [0.717, 1.165) is 19.6 Å². The number of carbonyl (C=O) groups is 1. The summed E-state index contributed by atoms with van der Waals surface area (Å²) in [6.07, 6.45) is 4.21. The van der Waals surface area contributed by atoms with Crippen LogP contribution in [0.1, 0.15) is 39.5 Å². The van der Waals surface area contributed by atoms with E-state index >= 15 is 0 Å². The van der Waals surface area contributed by atoms with Crippen LogP contribution in [0.4, 0.5) is 0 Å². The van der Waals surface area contributed by atoms with Gasteiger partial charge in [-0.05, 0) is 31.7 Å². The van der Waals surface area contributed by atoms with E-state index in [4.69, 9.17) is 0 Å². The largest absolute Gasteiger partial charge is 0.342 e. The first-order chi connectivity index (χ1) is 7.17. The van der Waals surface area contributed by atoms with Crippen molar-refractivity contribution in [2.24, 2.45) is 5.41 Å². The van der Waals surface area contributed by atoms with Gasteiger partial charge in [0, 0.05) is 26.1 Å². The van der Waals surface area contributed by atoms with Gasteiger partial charge in [-0.2, -0.15) is 0 Å². The summed E-state index contributed by atoms with van der Waals surface area (Å²) in [5, 5.41) is 3.02. The van der Waals surface area contributed by atoms with Gasteiger partial charge in [0.05, 0.1) is 0 Å². The SMILES string of the molecule is CCC1(CC)CCN(C(=O)CCNC)C1. The molecule has 3 heteroatoms. The minimum atomic E-state index is 0.313. The Morgan fingerprint density at radius 3 is 2.53 bits per heavy atom. The third-order valence-electron chi connectivity index (χ3n) is 3.88. The van der Waals surface area contributed by atoms with Gasteiger partial charge < -0.3 is 10.2 Å². The lowest BCUT2D eigenvalue weighted by atomic mass is 9.82. The van der Waals surface area contributed by atoms with Crippen LogP contribution in [0.3, 0.4) is 0 Å². The molecule has 1 N–H and O–H groups in total. The summed E-state index contributed by atoms with van der Waals surface area (Å²) in [7, 11) is 1.89. The van der Waals surface area contributed by atoms with Gasteiger partial charge in [-0.25, -0.2) is 0 Å². The number of amides is 1. The molecule has 1 amide bonds. The van der Waals surface area contributed by atoms with Crippen molar-refractivity contribution in [1.82, 2.24) is 10.2 Å². The Morgan fingerprint density at radius 2 is 2.07 bits per heavy atom. The van der Waals surface area contributed by atoms with Gasteiger partial charge in [-0.1, -0.05) is 13.8 Å². The van der Waals surface area contributed by atoms with Crippen LogP contribution in [0.15, 0.2) is 0 Å². The van der Waals surface area contributed by atoms with Gasteiger partial charge in [0.1, 0.15) is 0 Å². The lowest BCUT2D eigenvalue weighted by Gasteiger charge is -2.26. The van der Waals surface area contributed by atoms with E-state index in [0.29, 0.717) is 17.7 Å². The zero-order valence-electron chi connectivity index (χ0n) is 10.3. The van der Waals surface area contributed by atoms with E-state index in [2.05, 4.69) is 19.2 Å². The lowest BCUT2D eigenvalue weighted by molar-refractivity contribution is -0.130. The Morgan fingerprint density at radius 1 is 1.40 bits per heavy atom. The predicted molar refractivity (Wildman–Crippen MR) is 62.8 cm³/mol. The van der Waals surface area contributed by atoms with Crippen molar-refractivity contribution in [2.75, 3.05) is 26.7 Å². The quantitative estimate of drug-likeness (QED) is 0.751.